The van der Waals surface area contributed by atoms with E-state index in [4.69, 9.17) is 5.73 Å². The molecule has 1 atom stereocenters. The van der Waals surface area contributed by atoms with Gasteiger partial charge >= 0.3 is 6.18 Å². The van der Waals surface area contributed by atoms with Gasteiger partial charge in [-0.15, -0.1) is 0 Å². The Morgan fingerprint density at radius 2 is 1.81 bits per heavy atom. The molecular weight excluding hydrogens is 351 g/mol. The van der Waals surface area contributed by atoms with Gasteiger partial charge < -0.3 is 5.73 Å². The van der Waals surface area contributed by atoms with Gasteiger partial charge in [0.05, 0.1) is 0 Å². The van der Waals surface area contributed by atoms with E-state index in [9.17, 15) is 13.2 Å². The summed E-state index contributed by atoms with van der Waals surface area (Å²) in [5.41, 5.74) is 6.38. The third kappa shape index (κ3) is 4.43. The quantitative estimate of drug-likeness (QED) is 0.840. The molecular formula is C10H10Br2F3N. The second-order valence-electron chi connectivity index (χ2n) is 3.43. The Bertz CT molecular complexity index is 366. The van der Waals surface area contributed by atoms with Crippen molar-refractivity contribution < 1.29 is 13.2 Å². The molecule has 0 heterocycles. The van der Waals surface area contributed by atoms with Gasteiger partial charge in [-0.05, 0) is 56.0 Å². The molecule has 1 aromatic carbocycles. The van der Waals surface area contributed by atoms with Crippen molar-refractivity contribution in [2.75, 3.05) is 0 Å². The van der Waals surface area contributed by atoms with Crippen LogP contribution in [-0.4, -0.2) is 6.18 Å². The van der Waals surface area contributed by atoms with Crippen LogP contribution in [0.3, 0.4) is 0 Å². The second-order valence-corrected chi connectivity index (χ2v) is 5.14. The predicted octanol–water partition coefficient (Wildman–Crippen LogP) is 4.55. The molecule has 90 valence electrons. The minimum atomic E-state index is -4.15. The predicted molar refractivity (Wildman–Crippen MR) is 64.1 cm³/mol. The van der Waals surface area contributed by atoms with Crippen LogP contribution in [0.5, 0.6) is 0 Å². The third-order valence-electron chi connectivity index (χ3n) is 2.11. The minimum Gasteiger partial charge on any atom is -0.324 e. The zero-order valence-corrected chi connectivity index (χ0v) is 11.4. The molecule has 0 spiro atoms. The molecule has 0 saturated carbocycles. The fourth-order valence-electron chi connectivity index (χ4n) is 1.23. The van der Waals surface area contributed by atoms with Crippen molar-refractivity contribution in [3.63, 3.8) is 0 Å². The van der Waals surface area contributed by atoms with Crippen LogP contribution in [-0.2, 0) is 0 Å². The van der Waals surface area contributed by atoms with E-state index in [0.29, 0.717) is 5.56 Å². The van der Waals surface area contributed by atoms with Gasteiger partial charge in [-0.25, -0.2) is 0 Å². The van der Waals surface area contributed by atoms with Gasteiger partial charge in [-0.3, -0.25) is 0 Å². The molecule has 0 aromatic heterocycles. The van der Waals surface area contributed by atoms with Gasteiger partial charge in [-0.1, -0.05) is 6.07 Å². The van der Waals surface area contributed by atoms with Crippen molar-refractivity contribution in [3.05, 3.63) is 32.7 Å². The molecule has 0 aliphatic carbocycles. The van der Waals surface area contributed by atoms with Crippen LogP contribution in [0, 0.1) is 0 Å². The Balaban J connectivity index is 2.66. The molecule has 1 aromatic rings. The zero-order chi connectivity index (χ0) is 12.3. The average Bonchev–Trinajstić information content (AvgIpc) is 2.17. The number of benzene rings is 1. The smallest absolute Gasteiger partial charge is 0.324 e. The number of halogens is 5. The van der Waals surface area contributed by atoms with Crippen molar-refractivity contribution >= 4 is 31.9 Å². The van der Waals surface area contributed by atoms with Gasteiger partial charge in [0.25, 0.3) is 0 Å². The lowest BCUT2D eigenvalue weighted by Gasteiger charge is -2.14. The van der Waals surface area contributed by atoms with Gasteiger partial charge in [0, 0.05) is 21.4 Å². The molecule has 1 nitrogen and oxygen atoms in total. The van der Waals surface area contributed by atoms with E-state index in [1.165, 1.54) is 0 Å². The zero-order valence-electron chi connectivity index (χ0n) is 8.19. The van der Waals surface area contributed by atoms with Crippen LogP contribution in [0.25, 0.3) is 0 Å². The largest absolute Gasteiger partial charge is 0.389 e. The maximum atomic E-state index is 12.0. The van der Waals surface area contributed by atoms with Gasteiger partial charge in [0.15, 0.2) is 0 Å². The standard InChI is InChI=1S/C10H10Br2F3N/c11-7-2-1-6(5-8(7)12)9(16)3-4-10(13,14)15/h1-2,5,9H,3-4,16H2/t9-/m1/s1. The lowest BCUT2D eigenvalue weighted by atomic mass is 10.0. The SMILES string of the molecule is N[C@H](CCC(F)(F)F)c1ccc(Br)c(Br)c1. The topological polar surface area (TPSA) is 26.0 Å². The first-order chi connectivity index (χ1) is 7.29. The van der Waals surface area contributed by atoms with Crippen LogP contribution in [0.2, 0.25) is 0 Å². The first-order valence-corrected chi connectivity index (χ1v) is 6.15. The van der Waals surface area contributed by atoms with Crippen LogP contribution >= 0.6 is 31.9 Å². The van der Waals surface area contributed by atoms with E-state index in [1.807, 2.05) is 0 Å². The van der Waals surface area contributed by atoms with Gasteiger partial charge in [0.2, 0.25) is 0 Å². The van der Waals surface area contributed by atoms with E-state index in [-0.39, 0.29) is 6.42 Å². The minimum absolute atomic E-state index is 0.0996. The molecule has 0 radical (unpaired) electrons. The fourth-order valence-corrected chi connectivity index (χ4v) is 1.87. The summed E-state index contributed by atoms with van der Waals surface area (Å²) >= 11 is 6.56. The lowest BCUT2D eigenvalue weighted by molar-refractivity contribution is -0.136. The van der Waals surface area contributed by atoms with Crippen molar-refractivity contribution in [1.29, 1.82) is 0 Å². The summed E-state index contributed by atoms with van der Waals surface area (Å²) in [4.78, 5) is 0. The molecule has 16 heavy (non-hydrogen) atoms. The highest BCUT2D eigenvalue weighted by Crippen LogP contribution is 2.29. The molecule has 0 aliphatic heterocycles. The van der Waals surface area contributed by atoms with E-state index >= 15 is 0 Å². The highest BCUT2D eigenvalue weighted by molar-refractivity contribution is 9.13. The number of hydrogen-bond donors (Lipinski definition) is 1. The first kappa shape index (κ1) is 14.0. The summed E-state index contributed by atoms with van der Waals surface area (Å²) < 4.78 is 37.6. The molecule has 1 rings (SSSR count). The van der Waals surface area contributed by atoms with Crippen LogP contribution in [0.1, 0.15) is 24.4 Å². The molecule has 0 aliphatic rings. The maximum absolute atomic E-state index is 12.0. The molecule has 0 unspecified atom stereocenters. The Labute approximate surface area is 108 Å². The van der Waals surface area contributed by atoms with Crippen molar-refractivity contribution in [2.45, 2.75) is 25.1 Å². The summed E-state index contributed by atoms with van der Waals surface area (Å²) in [6.45, 7) is 0. The number of rotatable bonds is 3. The van der Waals surface area contributed by atoms with Crippen LogP contribution in [0.15, 0.2) is 27.1 Å². The van der Waals surface area contributed by atoms with Gasteiger partial charge in [-0.2, -0.15) is 13.2 Å². The van der Waals surface area contributed by atoms with Crippen molar-refractivity contribution in [2.24, 2.45) is 5.73 Å². The summed E-state index contributed by atoms with van der Waals surface area (Å²) in [6.07, 6.45) is -5.11. The average molecular weight is 361 g/mol. The first-order valence-electron chi connectivity index (χ1n) is 4.57. The second kappa shape index (κ2) is 5.51. The molecule has 2 N–H and O–H groups in total. The Kier molecular flexibility index (Phi) is 4.82. The summed E-state index contributed by atoms with van der Waals surface area (Å²) in [5.74, 6) is 0. The number of nitrogens with two attached hydrogens (primary N) is 1. The third-order valence-corrected chi connectivity index (χ3v) is 3.99. The van der Waals surface area contributed by atoms with Crippen LogP contribution in [0.4, 0.5) is 13.2 Å². The van der Waals surface area contributed by atoms with E-state index in [1.54, 1.807) is 18.2 Å². The summed E-state index contributed by atoms with van der Waals surface area (Å²) in [6, 6.07) is 4.61. The van der Waals surface area contributed by atoms with Gasteiger partial charge in [0.1, 0.15) is 0 Å². The Morgan fingerprint density at radius 1 is 1.19 bits per heavy atom. The summed E-state index contributed by atoms with van der Waals surface area (Å²) in [5, 5.41) is 0. The van der Waals surface area contributed by atoms with Crippen molar-refractivity contribution in [3.8, 4) is 0 Å². The lowest BCUT2D eigenvalue weighted by Crippen LogP contribution is -2.15. The monoisotopic (exact) mass is 359 g/mol. The Hall–Kier alpha value is -0.0700. The molecule has 0 fully saturated rings. The Morgan fingerprint density at radius 3 is 2.31 bits per heavy atom. The molecule has 0 bridgehead atoms. The molecule has 0 saturated heterocycles. The number of hydrogen-bond acceptors (Lipinski definition) is 1. The van der Waals surface area contributed by atoms with Crippen molar-refractivity contribution in [1.82, 2.24) is 0 Å². The number of alkyl halides is 3. The summed E-state index contributed by atoms with van der Waals surface area (Å²) in [7, 11) is 0. The molecule has 6 heteroatoms. The van der Waals surface area contributed by atoms with E-state index in [2.05, 4.69) is 31.9 Å². The maximum Gasteiger partial charge on any atom is 0.389 e. The molecule has 0 amide bonds. The highest BCUT2D eigenvalue weighted by atomic mass is 79.9. The van der Waals surface area contributed by atoms with E-state index in [0.717, 1.165) is 8.95 Å². The highest BCUT2D eigenvalue weighted by Gasteiger charge is 2.27. The normalized spacial score (nSPS) is 13.9. The van der Waals surface area contributed by atoms with Crippen LogP contribution < -0.4 is 5.73 Å². The van der Waals surface area contributed by atoms with E-state index < -0.39 is 18.6 Å². The fraction of sp³-hybridized carbons (Fsp3) is 0.400.